The van der Waals surface area contributed by atoms with Gasteiger partial charge in [0, 0.05) is 0 Å². The molecular formula is C5H5NO4. The molecule has 0 aromatic carbocycles. The van der Waals surface area contributed by atoms with E-state index in [1.54, 1.807) is 0 Å². The minimum Gasteiger partial charge on any atom is -0.480 e. The van der Waals surface area contributed by atoms with Crippen molar-refractivity contribution in [1.29, 1.82) is 5.26 Å². The number of nitrogens with zero attached hydrogens (tertiary/aromatic N) is 1. The summed E-state index contributed by atoms with van der Waals surface area (Å²) in [5, 5.41) is 16.2. The molecule has 0 aliphatic heterocycles. The van der Waals surface area contributed by atoms with E-state index in [-0.39, 0.29) is 0 Å². The summed E-state index contributed by atoms with van der Waals surface area (Å²) >= 11 is 0. The van der Waals surface area contributed by atoms with Gasteiger partial charge in [-0.25, -0.2) is 0 Å². The van der Waals surface area contributed by atoms with Crippen LogP contribution in [0.2, 0.25) is 0 Å². The molecule has 0 amide bonds. The standard InChI is InChI=1S/C5H5NO4/c1-10-5(9)3(2-6)4(7)8/h3H,1H3,(H,7,8). The number of ether oxygens (including phenoxy) is 1. The number of carboxylic acid groups (broad SMARTS) is 1. The van der Waals surface area contributed by atoms with Crippen molar-refractivity contribution in [3.63, 3.8) is 0 Å². The molecule has 0 aromatic rings. The molecule has 5 heteroatoms. The van der Waals surface area contributed by atoms with Crippen molar-refractivity contribution in [2.75, 3.05) is 7.11 Å². The maximum atomic E-state index is 10.4. The Kier molecular flexibility index (Phi) is 2.91. The van der Waals surface area contributed by atoms with Crippen LogP contribution in [0.3, 0.4) is 0 Å². The van der Waals surface area contributed by atoms with Crippen LogP contribution in [0.1, 0.15) is 0 Å². The number of hydrogen-bond donors (Lipinski definition) is 1. The topological polar surface area (TPSA) is 87.4 Å². The third-order valence-electron chi connectivity index (χ3n) is 0.813. The molecular weight excluding hydrogens is 138 g/mol. The number of rotatable bonds is 2. The molecule has 0 bridgehead atoms. The number of hydrogen-bond acceptors (Lipinski definition) is 4. The third kappa shape index (κ3) is 1.74. The van der Waals surface area contributed by atoms with Crippen molar-refractivity contribution in [2.45, 2.75) is 0 Å². The van der Waals surface area contributed by atoms with Gasteiger partial charge in [-0.05, 0) is 0 Å². The summed E-state index contributed by atoms with van der Waals surface area (Å²) in [7, 11) is 1.02. The van der Waals surface area contributed by atoms with E-state index in [9.17, 15) is 9.59 Å². The lowest BCUT2D eigenvalue weighted by molar-refractivity contribution is -0.153. The quantitative estimate of drug-likeness (QED) is 0.411. The number of carbonyl (C=O) groups excluding carboxylic acids is 1. The molecule has 0 saturated carbocycles. The summed E-state index contributed by atoms with van der Waals surface area (Å²) in [6.45, 7) is 0. The van der Waals surface area contributed by atoms with Crippen molar-refractivity contribution in [3.05, 3.63) is 0 Å². The van der Waals surface area contributed by atoms with Crippen LogP contribution in [0, 0.1) is 17.2 Å². The monoisotopic (exact) mass is 143 g/mol. The molecule has 0 saturated heterocycles. The van der Waals surface area contributed by atoms with E-state index < -0.39 is 17.9 Å². The fraction of sp³-hybridized carbons (Fsp3) is 0.400. The van der Waals surface area contributed by atoms with Gasteiger partial charge >= 0.3 is 11.9 Å². The van der Waals surface area contributed by atoms with Gasteiger partial charge in [0.05, 0.1) is 13.2 Å². The molecule has 0 radical (unpaired) electrons. The molecule has 54 valence electrons. The van der Waals surface area contributed by atoms with E-state index in [1.807, 2.05) is 0 Å². The highest BCUT2D eigenvalue weighted by Crippen LogP contribution is 1.96. The molecule has 0 fully saturated rings. The van der Waals surface area contributed by atoms with Crippen LogP contribution in [-0.2, 0) is 14.3 Å². The highest BCUT2D eigenvalue weighted by atomic mass is 16.5. The normalized spacial score (nSPS) is 11.2. The molecule has 5 nitrogen and oxygen atoms in total. The van der Waals surface area contributed by atoms with Crippen LogP contribution < -0.4 is 0 Å². The van der Waals surface area contributed by atoms with Crippen LogP contribution >= 0.6 is 0 Å². The predicted octanol–water partition coefficient (Wildman–Crippen LogP) is -0.616. The SMILES string of the molecule is COC(=O)C(C#N)C(=O)O. The molecule has 0 aromatic heterocycles. The van der Waals surface area contributed by atoms with E-state index in [0.717, 1.165) is 7.11 Å². The van der Waals surface area contributed by atoms with Crippen molar-refractivity contribution >= 4 is 11.9 Å². The van der Waals surface area contributed by atoms with Crippen molar-refractivity contribution < 1.29 is 19.4 Å². The van der Waals surface area contributed by atoms with E-state index in [1.165, 1.54) is 6.07 Å². The minimum absolute atomic E-state index is 1.02. The van der Waals surface area contributed by atoms with Gasteiger partial charge in [0.2, 0.25) is 5.92 Å². The van der Waals surface area contributed by atoms with Gasteiger partial charge in [-0.2, -0.15) is 5.26 Å². The molecule has 0 spiro atoms. The second kappa shape index (κ2) is 3.45. The number of nitriles is 1. The van der Waals surface area contributed by atoms with Gasteiger partial charge < -0.3 is 9.84 Å². The second-order valence-corrected chi connectivity index (χ2v) is 1.42. The number of methoxy groups -OCH3 is 1. The van der Waals surface area contributed by atoms with E-state index in [2.05, 4.69) is 4.74 Å². The third-order valence-corrected chi connectivity index (χ3v) is 0.813. The maximum Gasteiger partial charge on any atom is 0.334 e. The van der Waals surface area contributed by atoms with Gasteiger partial charge in [0.15, 0.2) is 0 Å². The zero-order valence-electron chi connectivity index (χ0n) is 5.20. The summed E-state index contributed by atoms with van der Waals surface area (Å²) in [5.74, 6) is -4.24. The first-order valence-corrected chi connectivity index (χ1v) is 2.33. The highest BCUT2D eigenvalue weighted by Gasteiger charge is 2.26. The number of aliphatic carboxylic acids is 1. The van der Waals surface area contributed by atoms with E-state index >= 15 is 0 Å². The van der Waals surface area contributed by atoms with Gasteiger partial charge in [-0.1, -0.05) is 0 Å². The molecule has 0 aliphatic carbocycles. The Hall–Kier alpha value is -1.57. The van der Waals surface area contributed by atoms with Crippen LogP contribution in [0.25, 0.3) is 0 Å². The number of carboxylic acids is 1. The van der Waals surface area contributed by atoms with Gasteiger partial charge in [0.25, 0.3) is 0 Å². The van der Waals surface area contributed by atoms with Crippen molar-refractivity contribution in [3.8, 4) is 6.07 Å². The first-order valence-electron chi connectivity index (χ1n) is 2.33. The fourth-order valence-electron chi connectivity index (χ4n) is 0.327. The lowest BCUT2D eigenvalue weighted by Crippen LogP contribution is -2.22. The summed E-state index contributed by atoms with van der Waals surface area (Å²) < 4.78 is 4.02. The first-order chi connectivity index (χ1) is 4.63. The molecule has 1 unspecified atom stereocenters. The average Bonchev–Trinajstić information content (AvgIpc) is 1.88. The summed E-state index contributed by atoms with van der Waals surface area (Å²) in [6, 6.07) is 1.28. The van der Waals surface area contributed by atoms with Crippen LogP contribution in [0.4, 0.5) is 0 Å². The molecule has 0 rings (SSSR count). The van der Waals surface area contributed by atoms with E-state index in [0.29, 0.717) is 0 Å². The zero-order chi connectivity index (χ0) is 8.15. The molecule has 1 N–H and O–H groups in total. The summed E-state index contributed by atoms with van der Waals surface area (Å²) in [4.78, 5) is 20.4. The average molecular weight is 143 g/mol. The van der Waals surface area contributed by atoms with Crippen molar-refractivity contribution in [1.82, 2.24) is 0 Å². The van der Waals surface area contributed by atoms with Crippen LogP contribution in [0.15, 0.2) is 0 Å². The second-order valence-electron chi connectivity index (χ2n) is 1.42. The van der Waals surface area contributed by atoms with Gasteiger partial charge in [-0.3, -0.25) is 9.59 Å². The minimum atomic E-state index is -1.70. The van der Waals surface area contributed by atoms with E-state index in [4.69, 9.17) is 10.4 Å². The molecule has 0 heterocycles. The largest absolute Gasteiger partial charge is 0.480 e. The Balaban J connectivity index is 4.25. The summed E-state index contributed by atoms with van der Waals surface area (Å²) in [5.41, 5.74) is 0. The number of carbonyl (C=O) groups is 2. The summed E-state index contributed by atoms with van der Waals surface area (Å²) in [6.07, 6.45) is 0. The molecule has 10 heavy (non-hydrogen) atoms. The van der Waals surface area contributed by atoms with Gasteiger partial charge in [-0.15, -0.1) is 0 Å². The number of esters is 1. The fourth-order valence-corrected chi connectivity index (χ4v) is 0.327. The lowest BCUT2D eigenvalue weighted by atomic mass is 10.2. The predicted molar refractivity (Wildman–Crippen MR) is 28.8 cm³/mol. The Morgan fingerprint density at radius 3 is 2.30 bits per heavy atom. The Morgan fingerprint density at radius 2 is 2.20 bits per heavy atom. The Bertz CT molecular complexity index is 192. The smallest absolute Gasteiger partial charge is 0.334 e. The highest BCUT2D eigenvalue weighted by molar-refractivity contribution is 5.96. The van der Waals surface area contributed by atoms with Crippen molar-refractivity contribution in [2.24, 2.45) is 5.92 Å². The van der Waals surface area contributed by atoms with Gasteiger partial charge in [0.1, 0.15) is 0 Å². The lowest BCUT2D eigenvalue weighted by Gasteiger charge is -1.98. The van der Waals surface area contributed by atoms with Crippen LogP contribution in [-0.4, -0.2) is 24.2 Å². The molecule has 0 aliphatic rings. The Labute approximate surface area is 56.8 Å². The first kappa shape index (κ1) is 8.43. The Morgan fingerprint density at radius 1 is 1.70 bits per heavy atom. The van der Waals surface area contributed by atoms with Crippen LogP contribution in [0.5, 0.6) is 0 Å². The molecule has 1 atom stereocenters. The maximum absolute atomic E-state index is 10.4. The zero-order valence-corrected chi connectivity index (χ0v) is 5.20.